The van der Waals surface area contributed by atoms with E-state index in [2.05, 4.69) is 10.3 Å². The quantitative estimate of drug-likeness (QED) is 0.792. The topological polar surface area (TPSA) is 88.2 Å². The lowest BCUT2D eigenvalue weighted by atomic mass is 10.0. The van der Waals surface area contributed by atoms with Crippen molar-refractivity contribution in [3.8, 4) is 0 Å². The molecule has 0 saturated heterocycles. The van der Waals surface area contributed by atoms with E-state index in [-0.39, 0.29) is 5.69 Å². The van der Waals surface area contributed by atoms with Gasteiger partial charge in [0.05, 0.1) is 0 Å². The van der Waals surface area contributed by atoms with E-state index in [0.29, 0.717) is 17.8 Å². The molecule has 0 unspecified atom stereocenters. The highest BCUT2D eigenvalue weighted by molar-refractivity contribution is 5.82. The van der Waals surface area contributed by atoms with Gasteiger partial charge in [-0.2, -0.15) is 0 Å². The maximum atomic E-state index is 13.8. The zero-order chi connectivity index (χ0) is 13.8. The van der Waals surface area contributed by atoms with Gasteiger partial charge in [-0.15, -0.1) is 0 Å². The summed E-state index contributed by atoms with van der Waals surface area (Å²) < 4.78 is 13.8. The molecule has 1 heterocycles. The number of benzene rings is 1. The Balaban J connectivity index is 2.19. The molecule has 2 rings (SSSR count). The number of rotatable bonds is 3. The molecule has 0 bridgehead atoms. The fourth-order valence-electron chi connectivity index (χ4n) is 1.72. The number of halogens is 1. The van der Waals surface area contributed by atoms with Crippen LogP contribution in [0.3, 0.4) is 0 Å². The number of pyridine rings is 1. The second kappa shape index (κ2) is 5.34. The van der Waals surface area contributed by atoms with Gasteiger partial charge in [0.25, 0.3) is 0 Å². The minimum atomic E-state index is -1.23. The fraction of sp³-hybridized carbons (Fsp3) is 0.0769. The number of hydrogen-bond donors (Lipinski definition) is 3. The molecule has 0 atom stereocenters. The van der Waals surface area contributed by atoms with Crippen LogP contribution in [0.25, 0.3) is 0 Å². The van der Waals surface area contributed by atoms with Gasteiger partial charge in [-0.05, 0) is 35.4 Å². The number of anilines is 2. The zero-order valence-electron chi connectivity index (χ0n) is 9.93. The Morgan fingerprint density at radius 1 is 1.37 bits per heavy atom. The minimum Gasteiger partial charge on any atom is -0.465 e. The first kappa shape index (κ1) is 12.8. The van der Waals surface area contributed by atoms with Crippen LogP contribution in [-0.4, -0.2) is 16.2 Å². The summed E-state index contributed by atoms with van der Waals surface area (Å²) in [5, 5.41) is 10.6. The number of nitrogens with one attached hydrogen (secondary N) is 1. The van der Waals surface area contributed by atoms with Gasteiger partial charge < -0.3 is 10.8 Å². The van der Waals surface area contributed by atoms with E-state index in [9.17, 15) is 9.18 Å². The third-order valence-corrected chi connectivity index (χ3v) is 2.54. The SMILES string of the molecule is Nc1cc(Cc2ccc(NC(=O)O)cc2F)ccn1. The molecule has 2 aromatic rings. The zero-order valence-corrected chi connectivity index (χ0v) is 9.93. The highest BCUT2D eigenvalue weighted by atomic mass is 19.1. The first-order valence-corrected chi connectivity index (χ1v) is 5.53. The van der Waals surface area contributed by atoms with Crippen LogP contribution in [0.2, 0.25) is 0 Å². The Hall–Kier alpha value is -2.63. The molecule has 0 saturated carbocycles. The lowest BCUT2D eigenvalue weighted by Crippen LogP contribution is -2.07. The average molecular weight is 261 g/mol. The van der Waals surface area contributed by atoms with E-state index in [1.54, 1.807) is 18.3 Å². The predicted octanol–water partition coefficient (Wildman–Crippen LogP) is 2.48. The Morgan fingerprint density at radius 2 is 2.16 bits per heavy atom. The van der Waals surface area contributed by atoms with Crippen molar-refractivity contribution in [3.63, 3.8) is 0 Å². The summed E-state index contributed by atoms with van der Waals surface area (Å²) in [6.07, 6.45) is 0.698. The summed E-state index contributed by atoms with van der Waals surface area (Å²) in [6.45, 7) is 0. The Morgan fingerprint density at radius 3 is 2.79 bits per heavy atom. The predicted molar refractivity (Wildman–Crippen MR) is 69.5 cm³/mol. The van der Waals surface area contributed by atoms with E-state index >= 15 is 0 Å². The smallest absolute Gasteiger partial charge is 0.409 e. The van der Waals surface area contributed by atoms with E-state index in [0.717, 1.165) is 11.6 Å². The maximum Gasteiger partial charge on any atom is 0.409 e. The van der Waals surface area contributed by atoms with Crippen LogP contribution in [0, 0.1) is 5.82 Å². The maximum absolute atomic E-state index is 13.8. The fourth-order valence-corrected chi connectivity index (χ4v) is 1.72. The van der Waals surface area contributed by atoms with Gasteiger partial charge in [0.15, 0.2) is 0 Å². The molecule has 1 aromatic heterocycles. The van der Waals surface area contributed by atoms with Crippen molar-refractivity contribution in [3.05, 3.63) is 53.5 Å². The second-order valence-electron chi connectivity index (χ2n) is 4.00. The van der Waals surface area contributed by atoms with Crippen LogP contribution in [0.15, 0.2) is 36.5 Å². The van der Waals surface area contributed by atoms with E-state index < -0.39 is 11.9 Å². The molecule has 1 amide bonds. The number of aromatic nitrogens is 1. The summed E-state index contributed by atoms with van der Waals surface area (Å²) in [4.78, 5) is 14.3. The summed E-state index contributed by atoms with van der Waals surface area (Å²) in [5.74, 6) is -0.0938. The molecule has 6 heteroatoms. The van der Waals surface area contributed by atoms with Crippen LogP contribution in [0.5, 0.6) is 0 Å². The van der Waals surface area contributed by atoms with E-state index in [1.165, 1.54) is 12.1 Å². The van der Waals surface area contributed by atoms with Gasteiger partial charge in [0.1, 0.15) is 11.6 Å². The van der Waals surface area contributed by atoms with Gasteiger partial charge >= 0.3 is 6.09 Å². The molecule has 0 aliphatic heterocycles. The Kier molecular flexibility index (Phi) is 3.61. The molecule has 4 N–H and O–H groups in total. The molecule has 5 nitrogen and oxygen atoms in total. The summed E-state index contributed by atoms with van der Waals surface area (Å²) in [6, 6.07) is 7.62. The molecule has 0 radical (unpaired) electrons. The molecule has 0 fully saturated rings. The van der Waals surface area contributed by atoms with E-state index in [1.807, 2.05) is 0 Å². The lowest BCUT2D eigenvalue weighted by molar-refractivity contribution is 0.209. The number of carboxylic acid groups (broad SMARTS) is 1. The third-order valence-electron chi connectivity index (χ3n) is 2.54. The first-order chi connectivity index (χ1) is 9.04. The number of hydrogen-bond acceptors (Lipinski definition) is 3. The molecule has 19 heavy (non-hydrogen) atoms. The Bertz CT molecular complexity index is 617. The molecule has 0 aliphatic rings. The largest absolute Gasteiger partial charge is 0.465 e. The summed E-state index contributed by atoms with van der Waals surface area (Å²) in [7, 11) is 0. The average Bonchev–Trinajstić information content (AvgIpc) is 2.32. The van der Waals surface area contributed by atoms with Gasteiger partial charge in [-0.1, -0.05) is 6.07 Å². The summed E-state index contributed by atoms with van der Waals surface area (Å²) >= 11 is 0. The molecular weight excluding hydrogens is 249 g/mol. The van der Waals surface area contributed by atoms with Crippen LogP contribution >= 0.6 is 0 Å². The number of nitrogens with zero attached hydrogens (tertiary/aromatic N) is 1. The van der Waals surface area contributed by atoms with Gasteiger partial charge in [-0.3, -0.25) is 5.32 Å². The van der Waals surface area contributed by atoms with Crippen molar-refractivity contribution >= 4 is 17.6 Å². The van der Waals surface area contributed by atoms with Crippen LogP contribution in [0.4, 0.5) is 20.7 Å². The van der Waals surface area contributed by atoms with E-state index in [4.69, 9.17) is 10.8 Å². The monoisotopic (exact) mass is 261 g/mol. The first-order valence-electron chi connectivity index (χ1n) is 5.53. The van der Waals surface area contributed by atoms with Crippen molar-refractivity contribution in [2.75, 3.05) is 11.1 Å². The van der Waals surface area contributed by atoms with Gasteiger partial charge in [0.2, 0.25) is 0 Å². The van der Waals surface area contributed by atoms with Crippen molar-refractivity contribution in [2.24, 2.45) is 0 Å². The number of amides is 1. The lowest BCUT2D eigenvalue weighted by Gasteiger charge is -2.06. The van der Waals surface area contributed by atoms with Crippen molar-refractivity contribution < 1.29 is 14.3 Å². The molecule has 0 spiro atoms. The summed E-state index contributed by atoms with van der Waals surface area (Å²) in [5.41, 5.74) is 7.04. The van der Waals surface area contributed by atoms with Crippen LogP contribution in [-0.2, 0) is 6.42 Å². The van der Waals surface area contributed by atoms with Gasteiger partial charge in [-0.25, -0.2) is 14.2 Å². The highest BCUT2D eigenvalue weighted by Crippen LogP contribution is 2.18. The molecule has 0 aliphatic carbocycles. The minimum absolute atomic E-state index is 0.197. The molecular formula is C13H12FN3O2. The Labute approximate surface area is 108 Å². The van der Waals surface area contributed by atoms with Crippen molar-refractivity contribution in [2.45, 2.75) is 6.42 Å². The molecule has 1 aromatic carbocycles. The second-order valence-corrected chi connectivity index (χ2v) is 4.00. The molecule has 98 valence electrons. The number of nitrogens with two attached hydrogens (primary N) is 1. The number of nitrogen functional groups attached to an aromatic ring is 1. The van der Waals surface area contributed by atoms with Crippen molar-refractivity contribution in [1.82, 2.24) is 4.98 Å². The standard InChI is InChI=1S/C13H12FN3O2/c14-11-7-10(17-13(18)19)2-1-9(11)5-8-3-4-16-12(15)6-8/h1-4,6-7,17H,5H2,(H2,15,16)(H,18,19). The third kappa shape index (κ3) is 3.41. The van der Waals surface area contributed by atoms with Crippen molar-refractivity contribution in [1.29, 1.82) is 0 Å². The highest BCUT2D eigenvalue weighted by Gasteiger charge is 2.06. The number of carbonyl (C=O) groups is 1. The van der Waals surface area contributed by atoms with Crippen LogP contribution < -0.4 is 11.1 Å². The van der Waals surface area contributed by atoms with Gasteiger partial charge in [0, 0.05) is 18.3 Å². The normalized spacial score (nSPS) is 10.2. The van der Waals surface area contributed by atoms with Crippen LogP contribution in [0.1, 0.15) is 11.1 Å².